The Morgan fingerprint density at radius 1 is 1.19 bits per heavy atom. The van der Waals surface area contributed by atoms with Crippen molar-refractivity contribution in [3.05, 3.63) is 77.3 Å². The number of carbonyl (C=O) groups is 1. The molecule has 0 aromatic heterocycles. The fourth-order valence-electron chi connectivity index (χ4n) is 1.83. The van der Waals surface area contributed by atoms with Crippen LogP contribution in [0, 0.1) is 11.8 Å². The van der Waals surface area contributed by atoms with Crippen molar-refractivity contribution in [2.75, 3.05) is 11.9 Å². The molecule has 3 heteroatoms. The number of benzene rings is 2. The number of para-hydroxylation sites is 1. The van der Waals surface area contributed by atoms with E-state index in [4.69, 9.17) is 11.6 Å². The van der Waals surface area contributed by atoms with E-state index in [1.807, 2.05) is 36.4 Å². The molecule has 2 aromatic carbocycles. The average molecular weight is 296 g/mol. The van der Waals surface area contributed by atoms with Crippen LogP contribution in [-0.4, -0.2) is 13.0 Å². The van der Waals surface area contributed by atoms with Crippen LogP contribution in [0.2, 0.25) is 5.02 Å². The van der Waals surface area contributed by atoms with E-state index in [0.29, 0.717) is 5.02 Å². The topological polar surface area (TPSA) is 20.3 Å². The molecule has 0 aliphatic heterocycles. The van der Waals surface area contributed by atoms with Crippen molar-refractivity contribution in [3.8, 4) is 11.8 Å². The van der Waals surface area contributed by atoms with Crippen molar-refractivity contribution in [2.24, 2.45) is 0 Å². The minimum atomic E-state index is -0.174. The highest BCUT2D eigenvalue weighted by atomic mass is 35.5. The normalized spacial score (nSPS) is 9.43. The second-order valence-corrected chi connectivity index (χ2v) is 4.82. The van der Waals surface area contributed by atoms with Gasteiger partial charge in [-0.15, -0.1) is 0 Å². The summed E-state index contributed by atoms with van der Waals surface area (Å²) in [6, 6.07) is 14.8. The summed E-state index contributed by atoms with van der Waals surface area (Å²) >= 11 is 5.94. The first-order valence-electron chi connectivity index (χ1n) is 6.38. The van der Waals surface area contributed by atoms with Crippen molar-refractivity contribution < 1.29 is 4.79 Å². The van der Waals surface area contributed by atoms with Crippen molar-refractivity contribution >= 4 is 23.2 Å². The molecule has 21 heavy (non-hydrogen) atoms. The Morgan fingerprint density at radius 2 is 1.95 bits per heavy atom. The summed E-state index contributed by atoms with van der Waals surface area (Å²) in [4.78, 5) is 13.2. The van der Waals surface area contributed by atoms with Crippen molar-refractivity contribution in [2.45, 2.75) is 0 Å². The maximum absolute atomic E-state index is 11.7. The van der Waals surface area contributed by atoms with Crippen LogP contribution in [0.4, 0.5) is 5.69 Å². The molecule has 0 saturated carbocycles. The predicted octanol–water partition coefficient (Wildman–Crippen LogP) is 3.89. The maximum Gasteiger partial charge on any atom is 0.250 e. The van der Waals surface area contributed by atoms with Crippen molar-refractivity contribution in [1.29, 1.82) is 0 Å². The number of amides is 1. The molecular weight excluding hydrogens is 282 g/mol. The zero-order chi connectivity index (χ0) is 15.2. The zero-order valence-corrected chi connectivity index (χ0v) is 12.4. The van der Waals surface area contributed by atoms with Gasteiger partial charge < -0.3 is 4.90 Å². The zero-order valence-electron chi connectivity index (χ0n) is 11.6. The van der Waals surface area contributed by atoms with Crippen LogP contribution in [0.1, 0.15) is 11.1 Å². The van der Waals surface area contributed by atoms with Gasteiger partial charge in [0.05, 0.1) is 5.69 Å². The van der Waals surface area contributed by atoms with Crippen LogP contribution in [0.5, 0.6) is 0 Å². The third kappa shape index (κ3) is 3.75. The number of hydrogen-bond acceptors (Lipinski definition) is 1. The van der Waals surface area contributed by atoms with Crippen molar-refractivity contribution in [1.82, 2.24) is 0 Å². The predicted molar refractivity (Wildman–Crippen MR) is 87.5 cm³/mol. The fraction of sp³-hybridized carbons (Fsp3) is 0.0556. The summed E-state index contributed by atoms with van der Waals surface area (Å²) in [5, 5.41) is 0.647. The van der Waals surface area contributed by atoms with E-state index in [1.54, 1.807) is 19.2 Å². The van der Waals surface area contributed by atoms with Gasteiger partial charge in [-0.2, -0.15) is 0 Å². The first-order chi connectivity index (χ1) is 10.1. The molecule has 0 unspecified atom stereocenters. The smallest absolute Gasteiger partial charge is 0.250 e. The lowest BCUT2D eigenvalue weighted by molar-refractivity contribution is -0.113. The van der Waals surface area contributed by atoms with Gasteiger partial charge in [-0.3, -0.25) is 4.79 Å². The largest absolute Gasteiger partial charge is 0.311 e. The Bertz CT molecular complexity index is 740. The van der Waals surface area contributed by atoms with Gasteiger partial charge >= 0.3 is 0 Å². The van der Waals surface area contributed by atoms with Gasteiger partial charge in [0, 0.05) is 23.2 Å². The molecule has 0 saturated heterocycles. The highest BCUT2D eigenvalue weighted by Gasteiger charge is 2.09. The van der Waals surface area contributed by atoms with E-state index < -0.39 is 0 Å². The molecule has 0 spiro atoms. The van der Waals surface area contributed by atoms with E-state index in [2.05, 4.69) is 18.4 Å². The number of halogens is 1. The highest BCUT2D eigenvalue weighted by Crippen LogP contribution is 2.19. The monoisotopic (exact) mass is 295 g/mol. The average Bonchev–Trinajstić information content (AvgIpc) is 2.52. The van der Waals surface area contributed by atoms with Gasteiger partial charge in [0.1, 0.15) is 0 Å². The Morgan fingerprint density at radius 3 is 2.67 bits per heavy atom. The number of likely N-dealkylation sites (N-methyl/N-ethyl adjacent to an activating group) is 1. The van der Waals surface area contributed by atoms with E-state index in [-0.39, 0.29) is 5.91 Å². The number of rotatable bonds is 2. The summed E-state index contributed by atoms with van der Waals surface area (Å²) in [6.45, 7) is 3.50. The molecule has 0 radical (unpaired) electrons. The second-order valence-electron chi connectivity index (χ2n) is 4.38. The molecule has 1 amide bonds. The van der Waals surface area contributed by atoms with Gasteiger partial charge in [0.2, 0.25) is 5.91 Å². The van der Waals surface area contributed by atoms with E-state index in [1.165, 1.54) is 11.0 Å². The lowest BCUT2D eigenvalue weighted by atomic mass is 10.1. The van der Waals surface area contributed by atoms with Crippen LogP contribution in [0.3, 0.4) is 0 Å². The molecule has 0 aliphatic rings. The first-order valence-corrected chi connectivity index (χ1v) is 6.76. The molecule has 0 fully saturated rings. The highest BCUT2D eigenvalue weighted by molar-refractivity contribution is 6.30. The third-order valence-electron chi connectivity index (χ3n) is 2.94. The lowest BCUT2D eigenvalue weighted by Gasteiger charge is -2.16. The summed E-state index contributed by atoms with van der Waals surface area (Å²) < 4.78 is 0. The Hall–Kier alpha value is -2.50. The van der Waals surface area contributed by atoms with E-state index in [0.717, 1.165) is 16.8 Å². The molecule has 104 valence electrons. The minimum Gasteiger partial charge on any atom is -0.311 e. The Kier molecular flexibility index (Phi) is 4.81. The standard InChI is InChI=1S/C18H14ClNO/c1-3-18(21)20(2)17-10-5-4-8-15(17)12-11-14-7-6-9-16(19)13-14/h3-10,13H,1H2,2H3. The molecule has 2 nitrogen and oxygen atoms in total. The van der Waals surface area contributed by atoms with E-state index >= 15 is 0 Å². The molecule has 0 N–H and O–H groups in total. The summed E-state index contributed by atoms with van der Waals surface area (Å²) in [6.07, 6.45) is 1.28. The number of carbonyl (C=O) groups excluding carboxylic acids is 1. The molecule has 0 aliphatic carbocycles. The van der Waals surface area contributed by atoms with Crippen LogP contribution in [-0.2, 0) is 4.79 Å². The van der Waals surface area contributed by atoms with Gasteiger partial charge in [0.15, 0.2) is 0 Å². The van der Waals surface area contributed by atoms with Gasteiger partial charge in [0.25, 0.3) is 0 Å². The molecule has 2 aromatic rings. The summed E-state index contributed by atoms with van der Waals surface area (Å²) in [5.74, 6) is 5.96. The van der Waals surface area contributed by atoms with Crippen LogP contribution in [0.25, 0.3) is 0 Å². The number of nitrogens with zero attached hydrogens (tertiary/aromatic N) is 1. The van der Waals surface area contributed by atoms with Gasteiger partial charge in [-0.25, -0.2) is 0 Å². The molecule has 0 atom stereocenters. The quantitative estimate of drug-likeness (QED) is 0.608. The van der Waals surface area contributed by atoms with Crippen LogP contribution < -0.4 is 4.90 Å². The molecule has 0 heterocycles. The second kappa shape index (κ2) is 6.78. The summed E-state index contributed by atoms with van der Waals surface area (Å²) in [5.41, 5.74) is 2.35. The third-order valence-corrected chi connectivity index (χ3v) is 3.17. The fourth-order valence-corrected chi connectivity index (χ4v) is 2.02. The lowest BCUT2D eigenvalue weighted by Crippen LogP contribution is -2.24. The molecule has 2 rings (SSSR count). The number of hydrogen-bond donors (Lipinski definition) is 0. The number of anilines is 1. The molecule has 0 bridgehead atoms. The Balaban J connectivity index is 2.38. The summed E-state index contributed by atoms with van der Waals surface area (Å²) in [7, 11) is 1.70. The Labute approximate surface area is 129 Å². The van der Waals surface area contributed by atoms with Crippen LogP contribution >= 0.6 is 11.6 Å². The van der Waals surface area contributed by atoms with Crippen LogP contribution in [0.15, 0.2) is 61.2 Å². The van der Waals surface area contributed by atoms with Crippen molar-refractivity contribution in [3.63, 3.8) is 0 Å². The van der Waals surface area contributed by atoms with Gasteiger partial charge in [-0.1, -0.05) is 48.2 Å². The van der Waals surface area contributed by atoms with Gasteiger partial charge in [-0.05, 0) is 36.4 Å². The minimum absolute atomic E-state index is 0.174. The SMILES string of the molecule is C=CC(=O)N(C)c1ccccc1C#Cc1cccc(Cl)c1. The molecular formula is C18H14ClNO. The van der Waals surface area contributed by atoms with E-state index in [9.17, 15) is 4.79 Å². The maximum atomic E-state index is 11.7. The first kappa shape index (κ1) is 14.9.